The Morgan fingerprint density at radius 2 is 1.62 bits per heavy atom. The van der Waals surface area contributed by atoms with E-state index in [0.29, 0.717) is 6.04 Å². The lowest BCUT2D eigenvalue weighted by Gasteiger charge is -2.36. The second-order valence-electron chi connectivity index (χ2n) is 10.5. The quantitative estimate of drug-likeness (QED) is 0.714. The highest BCUT2D eigenvalue weighted by molar-refractivity contribution is 6.62. The topological polar surface area (TPSA) is 51.2 Å². The van der Waals surface area contributed by atoms with Gasteiger partial charge in [-0.3, -0.25) is 0 Å². The van der Waals surface area contributed by atoms with E-state index in [-0.39, 0.29) is 30.5 Å². The number of hydrogen-bond acceptors (Lipinski definition) is 5. The average Bonchev–Trinajstić information content (AvgIpc) is 3.25. The molecule has 6 nitrogen and oxygen atoms in total. The van der Waals surface area contributed by atoms with Crippen molar-refractivity contribution >= 4 is 24.4 Å². The molecular weight excluding hydrogens is 367 g/mol. The van der Waals surface area contributed by atoms with Gasteiger partial charge in [0, 0.05) is 24.8 Å². The van der Waals surface area contributed by atoms with Gasteiger partial charge in [0.2, 0.25) is 0 Å². The lowest BCUT2D eigenvalue weighted by molar-refractivity contribution is 0.00578. The van der Waals surface area contributed by atoms with E-state index in [4.69, 9.17) is 14.0 Å². The number of fused-ring (bicyclic) bond motifs is 2. The molecule has 1 aromatic rings. The first-order valence-corrected chi connectivity index (χ1v) is 10.6. The van der Waals surface area contributed by atoms with E-state index in [1.807, 2.05) is 25.7 Å². The molecule has 2 bridgehead atoms. The van der Waals surface area contributed by atoms with E-state index in [0.717, 1.165) is 25.0 Å². The van der Waals surface area contributed by atoms with Crippen molar-refractivity contribution < 1.29 is 18.8 Å². The molecule has 3 heterocycles. The molecule has 0 spiro atoms. The number of nitrogens with zero attached hydrogens (tertiary/aromatic N) is 2. The summed E-state index contributed by atoms with van der Waals surface area (Å²) in [4.78, 5) is 16.7. The Morgan fingerprint density at radius 1 is 1.03 bits per heavy atom. The molecule has 1 amide bonds. The number of piperazine rings is 1. The number of ether oxygens (including phenoxy) is 1. The zero-order valence-electron chi connectivity index (χ0n) is 18.7. The molecule has 3 aliphatic heterocycles. The molecule has 2 atom stereocenters. The first kappa shape index (κ1) is 20.5. The van der Waals surface area contributed by atoms with Gasteiger partial charge < -0.3 is 23.8 Å². The van der Waals surface area contributed by atoms with E-state index < -0.39 is 5.60 Å². The minimum atomic E-state index is -0.456. The maximum Gasteiger partial charge on any atom is 0.494 e. The number of hydrogen-bond donors (Lipinski definition) is 0. The van der Waals surface area contributed by atoms with Gasteiger partial charge in [0.15, 0.2) is 0 Å². The fourth-order valence-electron chi connectivity index (χ4n) is 4.33. The van der Waals surface area contributed by atoms with Crippen molar-refractivity contribution in [3.63, 3.8) is 0 Å². The maximum absolute atomic E-state index is 12.4. The van der Waals surface area contributed by atoms with Crippen LogP contribution in [0.2, 0.25) is 0 Å². The number of anilines is 1. The van der Waals surface area contributed by atoms with Crippen molar-refractivity contribution in [2.24, 2.45) is 0 Å². The van der Waals surface area contributed by atoms with Gasteiger partial charge in [-0.25, -0.2) is 4.79 Å². The van der Waals surface area contributed by atoms with E-state index in [9.17, 15) is 4.79 Å². The van der Waals surface area contributed by atoms with Crippen molar-refractivity contribution in [3.05, 3.63) is 24.3 Å². The van der Waals surface area contributed by atoms with Crippen LogP contribution in [0.5, 0.6) is 0 Å². The predicted molar refractivity (Wildman–Crippen MR) is 115 cm³/mol. The molecule has 3 saturated heterocycles. The number of rotatable bonds is 2. The summed E-state index contributed by atoms with van der Waals surface area (Å²) in [6.45, 7) is 15.6. The lowest BCUT2D eigenvalue weighted by atomic mass is 9.79. The van der Waals surface area contributed by atoms with Crippen molar-refractivity contribution in [1.82, 2.24) is 4.90 Å². The molecule has 29 heavy (non-hydrogen) atoms. The SMILES string of the molecule is CC(C)(C)OC(=O)N1C[C@H]2C[C@@H]1CN2c1ccc(B2OC(C)(C)C(C)(C)O2)cc1. The van der Waals surface area contributed by atoms with Crippen molar-refractivity contribution in [2.45, 2.75) is 83.8 Å². The van der Waals surface area contributed by atoms with Gasteiger partial charge in [-0.1, -0.05) is 12.1 Å². The van der Waals surface area contributed by atoms with Crippen LogP contribution in [0.15, 0.2) is 24.3 Å². The highest BCUT2D eigenvalue weighted by Gasteiger charge is 2.52. The zero-order valence-corrected chi connectivity index (χ0v) is 18.7. The summed E-state index contributed by atoms with van der Waals surface area (Å²) in [5, 5.41) is 0. The van der Waals surface area contributed by atoms with E-state index in [1.165, 1.54) is 5.69 Å². The Balaban J connectivity index is 1.40. The molecular formula is C22H33BN2O4. The van der Waals surface area contributed by atoms with Crippen LogP contribution in [-0.2, 0) is 14.0 Å². The van der Waals surface area contributed by atoms with Crippen LogP contribution in [0, 0.1) is 0 Å². The van der Waals surface area contributed by atoms with E-state index in [2.05, 4.69) is 56.9 Å². The van der Waals surface area contributed by atoms with Crippen LogP contribution in [0.1, 0.15) is 54.9 Å². The smallest absolute Gasteiger partial charge is 0.444 e. The van der Waals surface area contributed by atoms with Crippen LogP contribution >= 0.6 is 0 Å². The summed E-state index contributed by atoms with van der Waals surface area (Å²) in [7, 11) is -0.341. The number of amides is 1. The number of likely N-dealkylation sites (tertiary alicyclic amines) is 1. The molecule has 1 aromatic carbocycles. The van der Waals surface area contributed by atoms with Crippen molar-refractivity contribution in [2.75, 3.05) is 18.0 Å². The Morgan fingerprint density at radius 3 is 2.10 bits per heavy atom. The van der Waals surface area contributed by atoms with Gasteiger partial charge in [0.25, 0.3) is 0 Å². The fourth-order valence-corrected chi connectivity index (χ4v) is 4.33. The monoisotopic (exact) mass is 400 g/mol. The number of benzene rings is 1. The molecule has 3 aliphatic rings. The van der Waals surface area contributed by atoms with Crippen LogP contribution in [0.3, 0.4) is 0 Å². The summed E-state index contributed by atoms with van der Waals surface area (Å²) in [5.74, 6) is 0. The summed E-state index contributed by atoms with van der Waals surface area (Å²) in [5.41, 5.74) is 1.08. The first-order valence-electron chi connectivity index (χ1n) is 10.6. The summed E-state index contributed by atoms with van der Waals surface area (Å²) in [6.07, 6.45) is 0.804. The maximum atomic E-state index is 12.4. The van der Waals surface area contributed by atoms with Crippen LogP contribution in [0.25, 0.3) is 0 Å². The molecule has 4 rings (SSSR count). The minimum Gasteiger partial charge on any atom is -0.444 e. The first-order chi connectivity index (χ1) is 13.4. The van der Waals surface area contributed by atoms with E-state index in [1.54, 1.807) is 0 Å². The Hall–Kier alpha value is -1.73. The molecule has 0 aliphatic carbocycles. The van der Waals surface area contributed by atoms with Crippen LogP contribution < -0.4 is 10.4 Å². The Bertz CT molecular complexity index is 771. The highest BCUT2D eigenvalue weighted by Crippen LogP contribution is 2.37. The molecule has 0 unspecified atom stereocenters. The van der Waals surface area contributed by atoms with Crippen molar-refractivity contribution in [3.8, 4) is 0 Å². The number of carbonyl (C=O) groups excluding carboxylic acids is 1. The molecule has 0 N–H and O–H groups in total. The van der Waals surface area contributed by atoms with E-state index >= 15 is 0 Å². The fraction of sp³-hybridized carbons (Fsp3) is 0.682. The van der Waals surface area contributed by atoms with Crippen LogP contribution in [-0.4, -0.2) is 60.1 Å². The second kappa shape index (κ2) is 6.64. The summed E-state index contributed by atoms with van der Waals surface area (Å²) in [6, 6.07) is 9.02. The van der Waals surface area contributed by atoms with Gasteiger partial charge in [0.1, 0.15) is 5.60 Å². The number of carbonyl (C=O) groups is 1. The normalized spacial score (nSPS) is 27.6. The highest BCUT2D eigenvalue weighted by atomic mass is 16.7. The molecule has 7 heteroatoms. The molecule has 3 fully saturated rings. The molecule has 0 aromatic heterocycles. The standard InChI is InChI=1S/C22H33BN2O4/c1-20(2,3)27-19(26)25-14-17-12-18(25)13-24(17)16-10-8-15(9-11-16)23-28-21(4,5)22(6,7)29-23/h8-11,17-18H,12-14H2,1-7H3/t17-,18-/m1/s1. The van der Waals surface area contributed by atoms with Gasteiger partial charge in [-0.05, 0) is 72.5 Å². The summed E-state index contributed by atoms with van der Waals surface area (Å²) >= 11 is 0. The molecule has 0 radical (unpaired) electrons. The van der Waals surface area contributed by atoms with Gasteiger partial charge in [-0.2, -0.15) is 0 Å². The average molecular weight is 400 g/mol. The Labute approximate surface area is 174 Å². The summed E-state index contributed by atoms with van der Waals surface area (Å²) < 4.78 is 17.9. The zero-order chi connectivity index (χ0) is 21.2. The van der Waals surface area contributed by atoms with Gasteiger partial charge in [-0.15, -0.1) is 0 Å². The van der Waals surface area contributed by atoms with Crippen LogP contribution in [0.4, 0.5) is 10.5 Å². The lowest BCUT2D eigenvalue weighted by Crippen LogP contribution is -2.50. The second-order valence-corrected chi connectivity index (χ2v) is 10.5. The largest absolute Gasteiger partial charge is 0.494 e. The predicted octanol–water partition coefficient (Wildman–Crippen LogP) is 3.18. The minimum absolute atomic E-state index is 0.194. The van der Waals surface area contributed by atoms with Gasteiger partial charge in [0.05, 0.1) is 17.2 Å². The molecule has 0 saturated carbocycles. The third-order valence-electron chi connectivity index (χ3n) is 6.62. The van der Waals surface area contributed by atoms with Crippen molar-refractivity contribution in [1.29, 1.82) is 0 Å². The molecule has 158 valence electrons. The third-order valence-corrected chi connectivity index (χ3v) is 6.62. The Kier molecular flexibility index (Phi) is 4.70. The van der Waals surface area contributed by atoms with Gasteiger partial charge >= 0.3 is 13.2 Å². The third kappa shape index (κ3) is 3.75.